The highest BCUT2D eigenvalue weighted by molar-refractivity contribution is 5.73. The molecule has 98 valence electrons. The molecule has 0 aliphatic carbocycles. The van der Waals surface area contributed by atoms with Gasteiger partial charge in [0.2, 0.25) is 5.91 Å². The fraction of sp³-hybridized carbons (Fsp3) is 0.923. The summed E-state index contributed by atoms with van der Waals surface area (Å²) in [5.74, 6) is 0.214. The summed E-state index contributed by atoms with van der Waals surface area (Å²) in [5.41, 5.74) is 0.119. The molecule has 2 aliphatic rings. The highest BCUT2D eigenvalue weighted by Crippen LogP contribution is 2.27. The van der Waals surface area contributed by atoms with Crippen LogP contribution in [-0.2, 0) is 4.79 Å². The van der Waals surface area contributed by atoms with Crippen molar-refractivity contribution in [1.82, 2.24) is 14.7 Å². The van der Waals surface area contributed by atoms with E-state index in [0.29, 0.717) is 6.04 Å². The van der Waals surface area contributed by atoms with E-state index < -0.39 is 0 Å². The molecular formula is C13H25N3O. The number of nitrogens with zero attached hydrogens (tertiary/aromatic N) is 3. The molecule has 0 N–H and O–H groups in total. The first-order chi connectivity index (χ1) is 7.94. The molecular weight excluding hydrogens is 214 g/mol. The molecule has 17 heavy (non-hydrogen) atoms. The molecule has 2 fully saturated rings. The third-order valence-electron chi connectivity index (χ3n) is 4.25. The summed E-state index contributed by atoms with van der Waals surface area (Å²) in [4.78, 5) is 18.7. The predicted molar refractivity (Wildman–Crippen MR) is 68.9 cm³/mol. The summed E-state index contributed by atoms with van der Waals surface area (Å²) < 4.78 is 0. The van der Waals surface area contributed by atoms with Crippen LogP contribution in [0.25, 0.3) is 0 Å². The summed E-state index contributed by atoms with van der Waals surface area (Å²) in [6.45, 7) is 14.7. The SMILES string of the molecule is CCN1CCN2[C@@H](C1)CN(C(C)=O)CC2(C)C. The van der Waals surface area contributed by atoms with Crippen molar-refractivity contribution < 1.29 is 4.79 Å². The average molecular weight is 239 g/mol. The van der Waals surface area contributed by atoms with Gasteiger partial charge in [-0.15, -0.1) is 0 Å². The molecule has 0 bridgehead atoms. The van der Waals surface area contributed by atoms with E-state index in [1.807, 2.05) is 4.90 Å². The van der Waals surface area contributed by atoms with Crippen molar-refractivity contribution in [2.24, 2.45) is 0 Å². The normalized spacial score (nSPS) is 30.1. The lowest BCUT2D eigenvalue weighted by Gasteiger charge is -2.55. The van der Waals surface area contributed by atoms with Crippen LogP contribution < -0.4 is 0 Å². The zero-order valence-electron chi connectivity index (χ0n) is 11.6. The minimum atomic E-state index is 0.119. The Balaban J connectivity index is 2.12. The highest BCUT2D eigenvalue weighted by atomic mass is 16.2. The molecule has 4 nitrogen and oxygen atoms in total. The third-order valence-corrected chi connectivity index (χ3v) is 4.25. The van der Waals surface area contributed by atoms with Crippen molar-refractivity contribution in [2.45, 2.75) is 39.3 Å². The average Bonchev–Trinajstić information content (AvgIpc) is 2.27. The molecule has 0 unspecified atom stereocenters. The van der Waals surface area contributed by atoms with Gasteiger partial charge in [0, 0.05) is 51.2 Å². The van der Waals surface area contributed by atoms with Gasteiger partial charge < -0.3 is 9.80 Å². The maximum atomic E-state index is 11.6. The third kappa shape index (κ3) is 2.47. The first-order valence-electron chi connectivity index (χ1n) is 6.68. The van der Waals surface area contributed by atoms with Crippen molar-refractivity contribution in [1.29, 1.82) is 0 Å². The van der Waals surface area contributed by atoms with Crippen LogP contribution in [0, 0.1) is 0 Å². The lowest BCUT2D eigenvalue weighted by molar-refractivity contribution is -0.139. The Hall–Kier alpha value is -0.610. The fourth-order valence-corrected chi connectivity index (χ4v) is 3.28. The topological polar surface area (TPSA) is 26.8 Å². The smallest absolute Gasteiger partial charge is 0.219 e. The van der Waals surface area contributed by atoms with Crippen LogP contribution in [-0.4, -0.2) is 71.5 Å². The maximum absolute atomic E-state index is 11.6. The fourth-order valence-electron chi connectivity index (χ4n) is 3.28. The van der Waals surface area contributed by atoms with E-state index in [1.165, 1.54) is 0 Å². The van der Waals surface area contributed by atoms with Crippen molar-refractivity contribution in [3.8, 4) is 0 Å². The molecule has 1 atom stereocenters. The predicted octanol–water partition coefficient (Wildman–Crippen LogP) is 0.633. The van der Waals surface area contributed by atoms with Gasteiger partial charge in [-0.1, -0.05) is 6.92 Å². The van der Waals surface area contributed by atoms with Crippen LogP contribution in [0.2, 0.25) is 0 Å². The summed E-state index contributed by atoms with van der Waals surface area (Å²) in [6, 6.07) is 0.511. The van der Waals surface area contributed by atoms with Gasteiger partial charge in [0.15, 0.2) is 0 Å². The van der Waals surface area contributed by atoms with Crippen LogP contribution in [0.3, 0.4) is 0 Å². The zero-order chi connectivity index (χ0) is 12.6. The summed E-state index contributed by atoms with van der Waals surface area (Å²) in [7, 11) is 0. The number of amides is 1. The van der Waals surface area contributed by atoms with Gasteiger partial charge in [-0.3, -0.25) is 9.69 Å². The number of carbonyl (C=O) groups excluding carboxylic acids is 1. The van der Waals surface area contributed by atoms with Crippen molar-refractivity contribution >= 4 is 5.91 Å². The molecule has 0 spiro atoms. The minimum Gasteiger partial charge on any atom is -0.339 e. The monoisotopic (exact) mass is 239 g/mol. The number of hydrogen-bond acceptors (Lipinski definition) is 3. The Morgan fingerprint density at radius 2 is 2.00 bits per heavy atom. The van der Waals surface area contributed by atoms with Crippen LogP contribution in [0.5, 0.6) is 0 Å². The van der Waals surface area contributed by atoms with Crippen LogP contribution in [0.15, 0.2) is 0 Å². The first kappa shape index (κ1) is 12.8. The van der Waals surface area contributed by atoms with Gasteiger partial charge >= 0.3 is 0 Å². The van der Waals surface area contributed by atoms with Gasteiger partial charge in [0.1, 0.15) is 0 Å². The van der Waals surface area contributed by atoms with Crippen molar-refractivity contribution in [3.05, 3.63) is 0 Å². The molecule has 0 aromatic heterocycles. The zero-order valence-corrected chi connectivity index (χ0v) is 11.6. The van der Waals surface area contributed by atoms with E-state index in [-0.39, 0.29) is 11.4 Å². The molecule has 0 radical (unpaired) electrons. The molecule has 2 aliphatic heterocycles. The van der Waals surface area contributed by atoms with Gasteiger partial charge in [-0.25, -0.2) is 0 Å². The van der Waals surface area contributed by atoms with E-state index in [4.69, 9.17) is 0 Å². The summed E-state index contributed by atoms with van der Waals surface area (Å²) >= 11 is 0. The maximum Gasteiger partial charge on any atom is 0.219 e. The molecule has 0 aromatic carbocycles. The molecule has 4 heteroatoms. The van der Waals surface area contributed by atoms with Gasteiger partial charge in [-0.05, 0) is 20.4 Å². The second-order valence-corrected chi connectivity index (χ2v) is 5.95. The Bertz CT molecular complexity index is 303. The molecule has 0 aromatic rings. The molecule has 1 amide bonds. The molecule has 0 saturated carbocycles. The Morgan fingerprint density at radius 1 is 1.29 bits per heavy atom. The highest BCUT2D eigenvalue weighted by Gasteiger charge is 2.42. The van der Waals surface area contributed by atoms with Crippen LogP contribution in [0.4, 0.5) is 0 Å². The van der Waals surface area contributed by atoms with E-state index in [1.54, 1.807) is 6.92 Å². The standard InChI is InChI=1S/C13H25N3O/c1-5-14-6-7-16-12(8-14)9-15(11(2)17)10-13(16,3)4/h12H,5-10H2,1-4H3/t12-/m0/s1. The molecule has 2 saturated heterocycles. The Kier molecular flexibility index (Phi) is 3.46. The number of piperazine rings is 2. The number of hydrogen-bond donors (Lipinski definition) is 0. The van der Waals surface area contributed by atoms with Crippen molar-refractivity contribution in [2.75, 3.05) is 39.3 Å². The second-order valence-electron chi connectivity index (χ2n) is 5.95. The van der Waals surface area contributed by atoms with Crippen molar-refractivity contribution in [3.63, 3.8) is 0 Å². The lowest BCUT2D eigenvalue weighted by atomic mass is 9.93. The number of carbonyl (C=O) groups is 1. The molecule has 2 rings (SSSR count). The largest absolute Gasteiger partial charge is 0.339 e. The number of rotatable bonds is 1. The van der Waals surface area contributed by atoms with Crippen LogP contribution >= 0.6 is 0 Å². The second kappa shape index (κ2) is 4.58. The molecule has 2 heterocycles. The van der Waals surface area contributed by atoms with E-state index in [0.717, 1.165) is 39.3 Å². The van der Waals surface area contributed by atoms with Crippen LogP contribution in [0.1, 0.15) is 27.7 Å². The first-order valence-corrected chi connectivity index (χ1v) is 6.68. The van der Waals surface area contributed by atoms with Gasteiger partial charge in [0.25, 0.3) is 0 Å². The summed E-state index contributed by atoms with van der Waals surface area (Å²) in [6.07, 6.45) is 0. The van der Waals surface area contributed by atoms with E-state index >= 15 is 0 Å². The summed E-state index contributed by atoms with van der Waals surface area (Å²) in [5, 5.41) is 0. The van der Waals surface area contributed by atoms with Gasteiger partial charge in [-0.2, -0.15) is 0 Å². The van der Waals surface area contributed by atoms with Gasteiger partial charge in [0.05, 0.1) is 0 Å². The lowest BCUT2D eigenvalue weighted by Crippen LogP contribution is -2.70. The minimum absolute atomic E-state index is 0.119. The Morgan fingerprint density at radius 3 is 2.59 bits per heavy atom. The quantitative estimate of drug-likeness (QED) is 0.671. The van der Waals surface area contributed by atoms with E-state index in [2.05, 4.69) is 30.6 Å². The Labute approximate surface area is 105 Å². The number of likely N-dealkylation sites (N-methyl/N-ethyl adjacent to an activating group) is 1. The number of fused-ring (bicyclic) bond motifs is 1. The van der Waals surface area contributed by atoms with E-state index in [9.17, 15) is 4.79 Å².